The molecular weight excluding hydrogens is 246 g/mol. The number of aryl methyl sites for hydroxylation is 1. The summed E-state index contributed by atoms with van der Waals surface area (Å²) in [6.45, 7) is 2.00. The Bertz CT molecular complexity index is 715. The Morgan fingerprint density at radius 2 is 2.06 bits per heavy atom. The highest BCUT2D eigenvalue weighted by molar-refractivity contribution is 7.04. The molecule has 90 valence electrons. The van der Waals surface area contributed by atoms with E-state index in [1.165, 1.54) is 0 Å². The van der Waals surface area contributed by atoms with Crippen molar-refractivity contribution in [1.29, 1.82) is 0 Å². The average Bonchev–Trinajstić information content (AvgIpc) is 3.06. The molecule has 0 N–H and O–H groups in total. The predicted molar refractivity (Wildman–Crippen MR) is 70.8 cm³/mol. The molecule has 0 saturated carbocycles. The van der Waals surface area contributed by atoms with Crippen molar-refractivity contribution in [2.24, 2.45) is 0 Å². The molecule has 4 aromatic rings. The van der Waals surface area contributed by atoms with Gasteiger partial charge >= 0.3 is 0 Å². The van der Waals surface area contributed by atoms with Crippen molar-refractivity contribution in [3.8, 4) is 0 Å². The van der Waals surface area contributed by atoms with Crippen molar-refractivity contribution in [3.63, 3.8) is 0 Å². The molecule has 0 saturated heterocycles. The first-order chi connectivity index (χ1) is 8.84. The third kappa shape index (κ3) is 1.98. The molecule has 0 aliphatic heterocycles. The van der Waals surface area contributed by atoms with Crippen molar-refractivity contribution >= 4 is 22.8 Å². The number of hydrogen-bond acceptors (Lipinski definition) is 4. The number of fused-ring (bicyclic) bond motifs is 2. The first kappa shape index (κ1) is 10.9. The lowest BCUT2D eigenvalue weighted by Gasteiger charge is -1.90. The van der Waals surface area contributed by atoms with E-state index in [2.05, 4.69) is 15.0 Å². The van der Waals surface area contributed by atoms with E-state index in [0.717, 1.165) is 17.0 Å². The van der Waals surface area contributed by atoms with Crippen LogP contribution in [0.5, 0.6) is 0 Å². The van der Waals surface area contributed by atoms with E-state index in [1.54, 1.807) is 30.3 Å². The summed E-state index contributed by atoms with van der Waals surface area (Å²) in [4.78, 5) is 12.2. The van der Waals surface area contributed by atoms with Crippen LogP contribution < -0.4 is 0 Å². The topological polar surface area (TPSA) is 47.5 Å². The maximum atomic E-state index is 4.14. The van der Waals surface area contributed by atoms with Crippen molar-refractivity contribution in [3.05, 3.63) is 54.3 Å². The molecule has 0 amide bonds. The van der Waals surface area contributed by atoms with Crippen LogP contribution in [-0.2, 0) is 0 Å². The first-order valence-corrected chi connectivity index (χ1v) is 6.29. The summed E-state index contributed by atoms with van der Waals surface area (Å²) in [7, 11) is 0. The number of hydrogen-bond donors (Lipinski definition) is 0. The number of rotatable bonds is 0. The zero-order valence-electron chi connectivity index (χ0n) is 9.76. The second-order valence-corrected chi connectivity index (χ2v) is 4.60. The number of imidazole rings is 2. The van der Waals surface area contributed by atoms with Crippen molar-refractivity contribution < 1.29 is 0 Å². The van der Waals surface area contributed by atoms with Crippen molar-refractivity contribution in [1.82, 2.24) is 23.1 Å². The second-order valence-electron chi connectivity index (χ2n) is 3.73. The number of nitrogens with zero attached hydrogens (tertiary/aromatic N) is 5. The van der Waals surface area contributed by atoms with Crippen LogP contribution in [0.2, 0.25) is 0 Å². The highest BCUT2D eigenvalue weighted by Gasteiger charge is 1.94. The van der Waals surface area contributed by atoms with Gasteiger partial charge in [-0.15, -0.1) is 0 Å². The SMILES string of the molecule is Cc1cnc2ccncn12.c1cn2sccc2n1. The molecule has 0 aliphatic rings. The Balaban J connectivity index is 0.000000114. The molecule has 4 rings (SSSR count). The standard InChI is InChI=1S/C7H7N3.C5H4N2S/c1-6-4-9-7-2-3-8-5-10(6)7;1-4-8-7-3-2-6-5(1)7/h2-5H,1H3;1-4H. The molecule has 0 radical (unpaired) electrons. The fraction of sp³-hybridized carbons (Fsp3) is 0.0833. The fourth-order valence-electron chi connectivity index (χ4n) is 1.62. The van der Waals surface area contributed by atoms with Crippen LogP contribution in [0.25, 0.3) is 11.3 Å². The minimum absolute atomic E-state index is 0.951. The molecule has 0 bridgehead atoms. The van der Waals surface area contributed by atoms with Crippen LogP contribution in [0.1, 0.15) is 5.69 Å². The van der Waals surface area contributed by atoms with Gasteiger partial charge < -0.3 is 0 Å². The van der Waals surface area contributed by atoms with E-state index in [9.17, 15) is 0 Å². The fourth-order valence-corrected chi connectivity index (χ4v) is 2.27. The summed E-state index contributed by atoms with van der Waals surface area (Å²) in [5.41, 5.74) is 3.10. The van der Waals surface area contributed by atoms with Crippen LogP contribution >= 0.6 is 11.5 Å². The van der Waals surface area contributed by atoms with Crippen molar-refractivity contribution in [2.45, 2.75) is 6.92 Å². The molecule has 6 heteroatoms. The molecular formula is C12H11N5S. The lowest BCUT2D eigenvalue weighted by molar-refractivity contribution is 1.04. The molecule has 0 aromatic carbocycles. The maximum absolute atomic E-state index is 4.14. The van der Waals surface area contributed by atoms with E-state index in [4.69, 9.17) is 0 Å². The van der Waals surface area contributed by atoms with Crippen LogP contribution in [0.4, 0.5) is 0 Å². The van der Waals surface area contributed by atoms with Gasteiger partial charge in [-0.1, -0.05) is 11.5 Å². The Labute approximate surface area is 108 Å². The first-order valence-electron chi connectivity index (χ1n) is 5.45. The number of aromatic nitrogens is 5. The van der Waals surface area contributed by atoms with Gasteiger partial charge in [0.05, 0.1) is 0 Å². The van der Waals surface area contributed by atoms with Crippen LogP contribution in [-0.4, -0.2) is 23.1 Å². The van der Waals surface area contributed by atoms with Crippen LogP contribution in [0.3, 0.4) is 0 Å². The zero-order chi connectivity index (χ0) is 12.4. The summed E-state index contributed by atoms with van der Waals surface area (Å²) in [5.74, 6) is 0. The lowest BCUT2D eigenvalue weighted by atomic mass is 10.5. The van der Waals surface area contributed by atoms with E-state index in [0.29, 0.717) is 0 Å². The second kappa shape index (κ2) is 4.58. The molecule has 0 fully saturated rings. The van der Waals surface area contributed by atoms with E-state index in [1.807, 2.05) is 45.0 Å². The summed E-state index contributed by atoms with van der Waals surface area (Å²) >= 11 is 1.65. The van der Waals surface area contributed by atoms with E-state index < -0.39 is 0 Å². The molecule has 18 heavy (non-hydrogen) atoms. The average molecular weight is 257 g/mol. The monoisotopic (exact) mass is 257 g/mol. The third-order valence-corrected chi connectivity index (χ3v) is 3.32. The van der Waals surface area contributed by atoms with Gasteiger partial charge in [-0.05, 0) is 19.1 Å². The molecule has 0 spiro atoms. The van der Waals surface area contributed by atoms with E-state index in [-0.39, 0.29) is 0 Å². The Kier molecular flexibility index (Phi) is 2.77. The predicted octanol–water partition coefficient (Wildman–Crippen LogP) is 2.43. The Morgan fingerprint density at radius 3 is 2.89 bits per heavy atom. The van der Waals surface area contributed by atoms with Crippen molar-refractivity contribution in [2.75, 3.05) is 0 Å². The molecule has 4 aromatic heterocycles. The van der Waals surface area contributed by atoms with Gasteiger partial charge in [0.15, 0.2) is 0 Å². The summed E-state index contributed by atoms with van der Waals surface area (Å²) in [6, 6.07) is 3.87. The molecule has 0 unspecified atom stereocenters. The lowest BCUT2D eigenvalue weighted by Crippen LogP contribution is -1.86. The van der Waals surface area contributed by atoms with Gasteiger partial charge in [-0.25, -0.2) is 15.0 Å². The third-order valence-electron chi connectivity index (χ3n) is 2.53. The largest absolute Gasteiger partial charge is 0.288 e. The smallest absolute Gasteiger partial charge is 0.146 e. The maximum Gasteiger partial charge on any atom is 0.146 e. The normalized spacial score (nSPS) is 10.5. The van der Waals surface area contributed by atoms with Gasteiger partial charge in [0.2, 0.25) is 0 Å². The van der Waals surface area contributed by atoms with Crippen LogP contribution in [0.15, 0.2) is 48.6 Å². The Hall–Kier alpha value is -2.21. The van der Waals surface area contributed by atoms with Gasteiger partial charge in [0, 0.05) is 35.9 Å². The molecule has 0 aliphatic carbocycles. The summed E-state index contributed by atoms with van der Waals surface area (Å²) in [6.07, 6.45) is 9.07. The summed E-state index contributed by atoms with van der Waals surface area (Å²) < 4.78 is 3.96. The van der Waals surface area contributed by atoms with Gasteiger partial charge in [-0.2, -0.15) is 0 Å². The van der Waals surface area contributed by atoms with Gasteiger partial charge in [0.25, 0.3) is 0 Å². The summed E-state index contributed by atoms with van der Waals surface area (Å²) in [5, 5.41) is 2.02. The van der Waals surface area contributed by atoms with E-state index >= 15 is 0 Å². The molecule has 0 atom stereocenters. The Morgan fingerprint density at radius 1 is 1.11 bits per heavy atom. The minimum Gasteiger partial charge on any atom is -0.288 e. The minimum atomic E-state index is 0.951. The highest BCUT2D eigenvalue weighted by Crippen LogP contribution is 2.04. The van der Waals surface area contributed by atoms with Crippen LogP contribution in [0, 0.1) is 6.92 Å². The highest BCUT2D eigenvalue weighted by atomic mass is 32.1. The quantitative estimate of drug-likeness (QED) is 0.486. The molecule has 5 nitrogen and oxygen atoms in total. The zero-order valence-corrected chi connectivity index (χ0v) is 10.6. The molecule has 4 heterocycles. The van der Waals surface area contributed by atoms with Gasteiger partial charge in [0.1, 0.15) is 17.6 Å². The van der Waals surface area contributed by atoms with Gasteiger partial charge in [-0.3, -0.25) is 8.19 Å².